The maximum Gasteiger partial charge on any atom is 0.440 e. The van der Waals surface area contributed by atoms with Gasteiger partial charge in [-0.25, -0.2) is 13.9 Å². The fraction of sp³-hybridized carbons (Fsp3) is 0.367. The molecule has 2 atom stereocenters. The van der Waals surface area contributed by atoms with Crippen molar-refractivity contribution in [2.24, 2.45) is 0 Å². The van der Waals surface area contributed by atoms with Crippen molar-refractivity contribution in [3.05, 3.63) is 95.1 Å². The summed E-state index contributed by atoms with van der Waals surface area (Å²) < 4.78 is 55.2. The summed E-state index contributed by atoms with van der Waals surface area (Å²) in [6.45, 7) is 1.30. The summed E-state index contributed by atoms with van der Waals surface area (Å²) in [5.74, 6) is 1.60. The molecular weight excluding hydrogens is 614 g/mol. The number of rotatable bonds is 16. The Hall–Kier alpha value is -2.19. The lowest BCUT2D eigenvalue weighted by Crippen LogP contribution is -2.29. The third-order valence-electron chi connectivity index (χ3n) is 6.21. The summed E-state index contributed by atoms with van der Waals surface area (Å²) in [5.41, 5.74) is 1.24. The number of carbonyl (C=O) groups excluding carboxylic acids is 1. The normalized spacial score (nSPS) is 18.9. The van der Waals surface area contributed by atoms with Crippen LogP contribution in [0.2, 0.25) is 0 Å². The van der Waals surface area contributed by atoms with Crippen LogP contribution in [0.4, 0.5) is 0 Å². The minimum atomic E-state index is -3.39. The van der Waals surface area contributed by atoms with Gasteiger partial charge in [-0.2, -0.15) is 0 Å². The van der Waals surface area contributed by atoms with Crippen molar-refractivity contribution in [2.75, 3.05) is 24.7 Å². The van der Waals surface area contributed by atoms with E-state index in [4.69, 9.17) is 22.8 Å². The van der Waals surface area contributed by atoms with Gasteiger partial charge < -0.3 is 13.8 Å². The smallest absolute Gasteiger partial charge is 0.440 e. The lowest BCUT2D eigenvalue weighted by molar-refractivity contribution is 0.0251. The van der Waals surface area contributed by atoms with Crippen molar-refractivity contribution < 1.29 is 36.8 Å². The molecule has 2 unspecified atom stereocenters. The van der Waals surface area contributed by atoms with Gasteiger partial charge in [0.15, 0.2) is 5.60 Å². The average Bonchev–Trinajstić information content (AvgIpc) is 3.29. The molecule has 0 N–H and O–H groups in total. The van der Waals surface area contributed by atoms with Gasteiger partial charge in [0.25, 0.3) is 0 Å². The van der Waals surface area contributed by atoms with Crippen molar-refractivity contribution in [2.45, 2.75) is 46.1 Å². The van der Waals surface area contributed by atoms with E-state index in [9.17, 15) is 13.9 Å². The molecule has 1 heterocycles. The molecule has 0 radical (unpaired) electrons. The van der Waals surface area contributed by atoms with E-state index in [0.29, 0.717) is 45.3 Å². The average molecular weight is 651 g/mol. The van der Waals surface area contributed by atoms with Crippen molar-refractivity contribution in [1.29, 1.82) is 0 Å². The van der Waals surface area contributed by atoms with Crippen molar-refractivity contribution >= 4 is 42.3 Å². The topological polar surface area (TPSA) is 97.4 Å². The van der Waals surface area contributed by atoms with E-state index in [0.717, 1.165) is 12.8 Å². The van der Waals surface area contributed by atoms with Crippen molar-refractivity contribution in [1.82, 2.24) is 0 Å². The van der Waals surface area contributed by atoms with Gasteiger partial charge >= 0.3 is 19.6 Å². The minimum absolute atomic E-state index is 0.263. The van der Waals surface area contributed by atoms with Gasteiger partial charge in [0.1, 0.15) is 11.5 Å². The van der Waals surface area contributed by atoms with Crippen LogP contribution in [0.15, 0.2) is 72.8 Å². The Balaban J connectivity index is 1.71. The molecule has 12 heteroatoms. The van der Waals surface area contributed by atoms with Crippen molar-refractivity contribution in [3.63, 3.8) is 0 Å². The summed E-state index contributed by atoms with van der Waals surface area (Å²) in [6, 6.07) is 21.2. The zero-order chi connectivity index (χ0) is 30.2. The van der Waals surface area contributed by atoms with Gasteiger partial charge in [-0.1, -0.05) is 56.3 Å². The maximum absolute atomic E-state index is 13.2. The number of fused-ring (bicyclic) bond motifs is 1. The van der Waals surface area contributed by atoms with Gasteiger partial charge in [0.2, 0.25) is 0 Å². The molecule has 1 aliphatic heterocycles. The first-order chi connectivity index (χ1) is 20.2. The standard InChI is InChI=1S/C30H36O8P2S2/c1-5-21-41-39(32,34-7-3)37-25-17-13-23(14-18-25)30(28-12-10-9-11-27(28)29(31)36-30)24-15-19-26(20-16-24)38-40(33,35-8-4)42-22-6-2/h9-20H,5-8,21-22H2,1-4H3. The third-order valence-corrected chi connectivity index (χ3v) is 14.1. The SMILES string of the molecule is CCCSP(=O)(OCC)Oc1ccc(C2(c3ccc(OP(=O)(OCC)SCCC)cc3)OC(=O)c3ccccc32)cc1. The maximum atomic E-state index is 13.2. The zero-order valence-electron chi connectivity index (χ0n) is 24.1. The quantitative estimate of drug-likeness (QED) is 0.110. The molecule has 0 aromatic heterocycles. The molecule has 1 aliphatic rings. The van der Waals surface area contributed by atoms with Crippen LogP contribution >= 0.6 is 36.4 Å². The van der Waals surface area contributed by atoms with Crippen LogP contribution in [-0.4, -0.2) is 30.7 Å². The molecule has 0 spiro atoms. The van der Waals surface area contributed by atoms with E-state index in [2.05, 4.69) is 0 Å². The molecule has 3 aromatic carbocycles. The van der Waals surface area contributed by atoms with E-state index >= 15 is 0 Å². The summed E-state index contributed by atoms with van der Waals surface area (Å²) in [5, 5.41) is 0. The number of ether oxygens (including phenoxy) is 1. The molecular formula is C30H36O8P2S2. The van der Waals surface area contributed by atoms with Crippen LogP contribution in [0.5, 0.6) is 11.5 Å². The fourth-order valence-corrected chi connectivity index (χ4v) is 11.4. The molecule has 0 aliphatic carbocycles. The lowest BCUT2D eigenvalue weighted by Gasteiger charge is -2.30. The Bertz CT molecular complexity index is 1370. The van der Waals surface area contributed by atoms with E-state index < -0.39 is 25.2 Å². The van der Waals surface area contributed by atoms with Crippen LogP contribution in [0.3, 0.4) is 0 Å². The highest BCUT2D eigenvalue weighted by Crippen LogP contribution is 2.61. The molecule has 0 saturated carbocycles. The molecule has 226 valence electrons. The number of hydrogen-bond donors (Lipinski definition) is 0. The Kier molecular flexibility index (Phi) is 11.3. The van der Waals surface area contributed by atoms with Crippen LogP contribution < -0.4 is 9.05 Å². The second-order valence-corrected chi connectivity index (χ2v) is 17.5. The second kappa shape index (κ2) is 14.5. The summed E-state index contributed by atoms with van der Waals surface area (Å²) in [6.07, 6.45) is 1.67. The first-order valence-corrected chi connectivity index (χ1v) is 20.2. The molecule has 8 nitrogen and oxygen atoms in total. The number of cyclic esters (lactones) is 1. The first-order valence-electron chi connectivity index (χ1n) is 13.9. The third kappa shape index (κ3) is 7.29. The highest BCUT2D eigenvalue weighted by Gasteiger charge is 2.48. The van der Waals surface area contributed by atoms with Gasteiger partial charge in [-0.05, 0) is 79.8 Å². The van der Waals surface area contributed by atoms with E-state index in [-0.39, 0.29) is 13.2 Å². The number of esters is 1. The van der Waals surface area contributed by atoms with Gasteiger partial charge in [0, 0.05) is 28.2 Å². The molecule has 0 bridgehead atoms. The second-order valence-electron chi connectivity index (χ2n) is 9.24. The molecule has 0 saturated heterocycles. The van der Waals surface area contributed by atoms with Gasteiger partial charge in [0.05, 0.1) is 18.8 Å². The first kappa shape index (κ1) is 32.7. The number of hydrogen-bond acceptors (Lipinski definition) is 10. The highest BCUT2D eigenvalue weighted by molar-refractivity contribution is 8.55. The molecule has 3 aromatic rings. The summed E-state index contributed by atoms with van der Waals surface area (Å²) >= 11 is 2.34. The Morgan fingerprint density at radius 1 is 0.690 bits per heavy atom. The Labute approximate surface area is 255 Å². The molecule has 4 rings (SSSR count). The lowest BCUT2D eigenvalue weighted by atomic mass is 9.80. The van der Waals surface area contributed by atoms with Crippen LogP contribution in [0, 0.1) is 0 Å². The Morgan fingerprint density at radius 3 is 1.57 bits per heavy atom. The molecule has 0 amide bonds. The predicted molar refractivity (Wildman–Crippen MR) is 170 cm³/mol. The van der Waals surface area contributed by atoms with Crippen molar-refractivity contribution in [3.8, 4) is 11.5 Å². The number of carbonyl (C=O) groups is 1. The fourth-order valence-electron chi connectivity index (χ4n) is 4.47. The van der Waals surface area contributed by atoms with Crippen LogP contribution in [0.25, 0.3) is 0 Å². The van der Waals surface area contributed by atoms with Crippen LogP contribution in [0.1, 0.15) is 67.6 Å². The summed E-state index contributed by atoms with van der Waals surface area (Å²) in [4.78, 5) is 13.1. The highest BCUT2D eigenvalue weighted by atomic mass is 32.7. The molecule has 0 fully saturated rings. The molecule has 42 heavy (non-hydrogen) atoms. The minimum Gasteiger partial charge on any atom is -0.441 e. The number of benzene rings is 3. The predicted octanol–water partition coefficient (Wildman–Crippen LogP) is 9.48. The monoisotopic (exact) mass is 650 g/mol. The van der Waals surface area contributed by atoms with Crippen LogP contribution in [-0.2, 0) is 28.5 Å². The zero-order valence-corrected chi connectivity index (χ0v) is 27.6. The van der Waals surface area contributed by atoms with E-state index in [1.54, 1.807) is 74.5 Å². The van der Waals surface area contributed by atoms with E-state index in [1.165, 1.54) is 22.8 Å². The Morgan fingerprint density at radius 2 is 1.14 bits per heavy atom. The largest absolute Gasteiger partial charge is 0.441 e. The van der Waals surface area contributed by atoms with Gasteiger partial charge in [-0.3, -0.25) is 9.05 Å². The summed E-state index contributed by atoms with van der Waals surface area (Å²) in [7, 11) is 0. The van der Waals surface area contributed by atoms with E-state index in [1.807, 2.05) is 26.0 Å². The van der Waals surface area contributed by atoms with Gasteiger partial charge in [-0.15, -0.1) is 0 Å².